The van der Waals surface area contributed by atoms with Crippen LogP contribution in [0.25, 0.3) is 6.08 Å². The smallest absolute Gasteiger partial charge is 0.363 e. The lowest BCUT2D eigenvalue weighted by Gasteiger charge is -2.27. The highest BCUT2D eigenvalue weighted by molar-refractivity contribution is 7.17. The van der Waals surface area contributed by atoms with Crippen LogP contribution in [-0.4, -0.2) is 25.0 Å². The van der Waals surface area contributed by atoms with Crippen molar-refractivity contribution in [1.82, 2.24) is 0 Å². The van der Waals surface area contributed by atoms with Gasteiger partial charge in [0.05, 0.1) is 9.88 Å². The van der Waals surface area contributed by atoms with E-state index in [1.807, 2.05) is 29.7 Å². The van der Waals surface area contributed by atoms with Crippen LogP contribution in [0.4, 0.5) is 5.00 Å². The molecule has 0 saturated carbocycles. The number of nitrogens with zero attached hydrogens (tertiary/aromatic N) is 2. The maximum Gasteiger partial charge on any atom is 0.363 e. The molecule has 2 aromatic rings. The molecule has 2 aromatic heterocycles. The molecule has 0 unspecified atom stereocenters. The van der Waals surface area contributed by atoms with E-state index in [2.05, 4.69) is 16.0 Å². The monoisotopic (exact) mass is 344 g/mol. The van der Waals surface area contributed by atoms with Crippen LogP contribution >= 0.6 is 22.7 Å². The van der Waals surface area contributed by atoms with Crippen LogP contribution < -0.4 is 4.90 Å². The Morgan fingerprint density at radius 1 is 1.17 bits per heavy atom. The zero-order chi connectivity index (χ0) is 15.6. The van der Waals surface area contributed by atoms with Gasteiger partial charge in [0.2, 0.25) is 5.90 Å². The quantitative estimate of drug-likeness (QED) is 0.621. The van der Waals surface area contributed by atoms with Gasteiger partial charge in [-0.3, -0.25) is 0 Å². The van der Waals surface area contributed by atoms with E-state index >= 15 is 0 Å². The average molecular weight is 344 g/mol. The highest BCUT2D eigenvalue weighted by atomic mass is 32.1. The highest BCUT2D eigenvalue weighted by Crippen LogP contribution is 2.31. The first kappa shape index (κ1) is 14.7. The predicted molar refractivity (Wildman–Crippen MR) is 95.3 cm³/mol. The fourth-order valence-electron chi connectivity index (χ4n) is 2.75. The molecule has 4 rings (SSSR count). The van der Waals surface area contributed by atoms with Gasteiger partial charge in [0.1, 0.15) is 0 Å². The molecule has 23 heavy (non-hydrogen) atoms. The minimum absolute atomic E-state index is 0.374. The lowest BCUT2D eigenvalue weighted by atomic mass is 10.1. The molecule has 4 heterocycles. The van der Waals surface area contributed by atoms with Crippen molar-refractivity contribution in [2.75, 3.05) is 18.0 Å². The molecule has 2 aliphatic heterocycles. The van der Waals surface area contributed by atoms with E-state index in [9.17, 15) is 4.79 Å². The topological polar surface area (TPSA) is 41.9 Å². The van der Waals surface area contributed by atoms with E-state index in [-0.39, 0.29) is 5.97 Å². The van der Waals surface area contributed by atoms with Crippen molar-refractivity contribution in [3.05, 3.63) is 45.1 Å². The van der Waals surface area contributed by atoms with E-state index in [0.717, 1.165) is 22.8 Å². The third-order valence-corrected chi connectivity index (χ3v) is 5.86. The lowest BCUT2D eigenvalue weighted by molar-refractivity contribution is -0.129. The number of carbonyl (C=O) groups excluding carboxylic acids is 1. The van der Waals surface area contributed by atoms with Gasteiger partial charge in [-0.15, -0.1) is 22.7 Å². The largest absolute Gasteiger partial charge is 0.401 e. The number of thiophene rings is 2. The molecule has 0 radical (unpaired) electrons. The first-order valence-corrected chi connectivity index (χ1v) is 9.40. The molecule has 118 valence electrons. The minimum atomic E-state index is -0.374. The second-order valence-electron chi connectivity index (χ2n) is 5.54. The summed E-state index contributed by atoms with van der Waals surface area (Å²) in [6, 6.07) is 8.00. The zero-order valence-electron chi connectivity index (χ0n) is 12.5. The minimum Gasteiger partial charge on any atom is -0.401 e. The van der Waals surface area contributed by atoms with Crippen molar-refractivity contribution in [3.63, 3.8) is 0 Å². The Hall–Kier alpha value is -1.92. The van der Waals surface area contributed by atoms with Gasteiger partial charge in [-0.2, -0.15) is 0 Å². The number of anilines is 1. The number of esters is 1. The number of cyclic esters (lactones) is 1. The van der Waals surface area contributed by atoms with E-state index in [4.69, 9.17) is 4.74 Å². The third-order valence-electron chi connectivity index (χ3n) is 3.91. The Labute approximate surface area is 142 Å². The molecule has 0 amide bonds. The average Bonchev–Trinajstić information content (AvgIpc) is 3.31. The van der Waals surface area contributed by atoms with Crippen LogP contribution in [0, 0.1) is 0 Å². The fourth-order valence-corrected chi connectivity index (χ4v) is 4.40. The standard InChI is InChI=1S/C17H16N2O2S2/c20-17-13(18-16(21-17)14-5-4-10-22-14)11-12-6-7-15(23-12)19-8-2-1-3-9-19/h4-7,10-11H,1-3,8-9H2. The van der Waals surface area contributed by atoms with Gasteiger partial charge >= 0.3 is 5.97 Å². The van der Waals surface area contributed by atoms with Crippen LogP contribution in [0.5, 0.6) is 0 Å². The molecule has 1 fully saturated rings. The van der Waals surface area contributed by atoms with E-state index in [1.54, 1.807) is 11.3 Å². The van der Waals surface area contributed by atoms with Crippen LogP contribution in [0.3, 0.4) is 0 Å². The van der Waals surface area contributed by atoms with Gasteiger partial charge < -0.3 is 9.64 Å². The maximum absolute atomic E-state index is 12.0. The first-order valence-electron chi connectivity index (χ1n) is 7.71. The summed E-state index contributed by atoms with van der Waals surface area (Å²) in [5.74, 6) is 0.0328. The summed E-state index contributed by atoms with van der Waals surface area (Å²) in [5.41, 5.74) is 0.375. The van der Waals surface area contributed by atoms with Gasteiger partial charge in [-0.05, 0) is 48.9 Å². The maximum atomic E-state index is 12.0. The summed E-state index contributed by atoms with van der Waals surface area (Å²) in [7, 11) is 0. The Morgan fingerprint density at radius 2 is 2.04 bits per heavy atom. The number of carbonyl (C=O) groups is 1. The lowest BCUT2D eigenvalue weighted by Crippen LogP contribution is -2.28. The molecule has 0 N–H and O–H groups in total. The van der Waals surface area contributed by atoms with Crippen LogP contribution in [0.15, 0.2) is 40.3 Å². The summed E-state index contributed by atoms with van der Waals surface area (Å²) in [4.78, 5) is 20.7. The molecular weight excluding hydrogens is 328 g/mol. The molecule has 2 aliphatic rings. The van der Waals surface area contributed by atoms with E-state index in [0.29, 0.717) is 11.6 Å². The molecule has 1 saturated heterocycles. The molecule has 0 spiro atoms. The van der Waals surface area contributed by atoms with Crippen molar-refractivity contribution in [3.8, 4) is 0 Å². The second kappa shape index (κ2) is 6.29. The van der Waals surface area contributed by atoms with Gasteiger partial charge in [-0.25, -0.2) is 9.79 Å². The second-order valence-corrected chi connectivity index (χ2v) is 7.58. The number of hydrogen-bond acceptors (Lipinski definition) is 6. The molecule has 6 heteroatoms. The molecular formula is C17H16N2O2S2. The summed E-state index contributed by atoms with van der Waals surface area (Å²) >= 11 is 3.22. The summed E-state index contributed by atoms with van der Waals surface area (Å²) in [5, 5.41) is 3.21. The van der Waals surface area contributed by atoms with Crippen LogP contribution in [-0.2, 0) is 9.53 Å². The van der Waals surface area contributed by atoms with Crippen molar-refractivity contribution in [2.24, 2.45) is 4.99 Å². The predicted octanol–water partition coefficient (Wildman–Crippen LogP) is 4.14. The number of rotatable bonds is 3. The SMILES string of the molecule is O=C1OC(c2cccs2)=NC1=Cc1ccc(N2CCCCC2)s1. The van der Waals surface area contributed by atoms with Crippen molar-refractivity contribution in [2.45, 2.75) is 19.3 Å². The van der Waals surface area contributed by atoms with Crippen molar-refractivity contribution < 1.29 is 9.53 Å². The molecule has 0 bridgehead atoms. The van der Waals surface area contributed by atoms with Gasteiger partial charge in [0, 0.05) is 18.0 Å². The first-order chi connectivity index (χ1) is 11.3. The number of aliphatic imine (C=N–C) groups is 1. The van der Waals surface area contributed by atoms with Crippen LogP contribution in [0.2, 0.25) is 0 Å². The Balaban J connectivity index is 1.55. The van der Waals surface area contributed by atoms with Crippen LogP contribution in [0.1, 0.15) is 29.0 Å². The highest BCUT2D eigenvalue weighted by Gasteiger charge is 2.25. The van der Waals surface area contributed by atoms with Crippen molar-refractivity contribution in [1.29, 1.82) is 0 Å². The number of hydrogen-bond donors (Lipinski definition) is 0. The fraction of sp³-hybridized carbons (Fsp3) is 0.294. The number of ether oxygens (including phenoxy) is 1. The number of piperidine rings is 1. The Bertz CT molecular complexity index is 768. The van der Waals surface area contributed by atoms with E-state index in [1.165, 1.54) is 35.6 Å². The zero-order valence-corrected chi connectivity index (χ0v) is 14.2. The summed E-state index contributed by atoms with van der Waals surface area (Å²) in [6.07, 6.45) is 5.66. The third kappa shape index (κ3) is 3.09. The molecule has 0 aromatic carbocycles. The van der Waals surface area contributed by atoms with E-state index < -0.39 is 0 Å². The molecule has 4 nitrogen and oxygen atoms in total. The van der Waals surface area contributed by atoms with Gasteiger partial charge in [0.15, 0.2) is 5.70 Å². The van der Waals surface area contributed by atoms with Gasteiger partial charge in [0.25, 0.3) is 0 Å². The summed E-state index contributed by atoms with van der Waals surface area (Å²) in [6.45, 7) is 2.25. The molecule has 0 aliphatic carbocycles. The molecule has 0 atom stereocenters. The van der Waals surface area contributed by atoms with Gasteiger partial charge in [-0.1, -0.05) is 6.07 Å². The normalized spacial score (nSPS) is 20.0. The summed E-state index contributed by atoms with van der Waals surface area (Å²) < 4.78 is 5.26. The Morgan fingerprint density at radius 3 is 2.83 bits per heavy atom. The van der Waals surface area contributed by atoms with Crippen molar-refractivity contribution >= 4 is 45.6 Å². The Kier molecular flexibility index (Phi) is 4.01.